The summed E-state index contributed by atoms with van der Waals surface area (Å²) in [7, 11) is 0. The average molecular weight is 429 g/mol. The van der Waals surface area contributed by atoms with Crippen LogP contribution in [0.25, 0.3) is 10.2 Å². The van der Waals surface area contributed by atoms with Gasteiger partial charge < -0.3 is 8.83 Å². The molecule has 4 aromatic rings. The predicted octanol–water partition coefficient (Wildman–Crippen LogP) is 4.21. The number of hydrogen-bond acceptors (Lipinski definition) is 8. The summed E-state index contributed by atoms with van der Waals surface area (Å²) in [4.78, 5) is 20.5. The molecule has 9 heteroatoms. The van der Waals surface area contributed by atoms with Crippen LogP contribution >= 0.6 is 23.1 Å². The molecule has 0 saturated carbocycles. The molecule has 0 N–H and O–H groups in total. The molecule has 5 rings (SSSR count). The molecule has 0 fully saturated rings. The molecule has 150 valence electrons. The van der Waals surface area contributed by atoms with Crippen molar-refractivity contribution >= 4 is 33.3 Å². The first-order valence-corrected chi connectivity index (χ1v) is 11.4. The third-order valence-electron chi connectivity index (χ3n) is 5.17. The number of hydrogen-bond donors (Lipinski definition) is 0. The van der Waals surface area contributed by atoms with Crippen molar-refractivity contribution in [2.75, 3.05) is 0 Å². The van der Waals surface area contributed by atoms with E-state index >= 15 is 0 Å². The van der Waals surface area contributed by atoms with E-state index in [1.807, 2.05) is 12.1 Å². The number of thiophene rings is 1. The van der Waals surface area contributed by atoms with Crippen molar-refractivity contribution in [3.63, 3.8) is 0 Å². The number of furan rings is 1. The summed E-state index contributed by atoms with van der Waals surface area (Å²) in [6.45, 7) is 4.38. The molecule has 0 radical (unpaired) electrons. The SMILES string of the molecule is Cc1nnc(CSc2nc3sc4c(c3c(=O)n2Cc2ccco2)CCC(C)C4)o1. The average Bonchev–Trinajstić information content (AvgIpc) is 3.42. The number of fused-ring (bicyclic) bond motifs is 3. The molecule has 1 unspecified atom stereocenters. The maximum absolute atomic E-state index is 13.5. The molecule has 29 heavy (non-hydrogen) atoms. The topological polar surface area (TPSA) is 87.0 Å². The van der Waals surface area contributed by atoms with E-state index in [1.54, 1.807) is 29.1 Å². The van der Waals surface area contributed by atoms with Gasteiger partial charge in [-0.25, -0.2) is 4.98 Å². The summed E-state index contributed by atoms with van der Waals surface area (Å²) >= 11 is 3.09. The van der Waals surface area contributed by atoms with Crippen LogP contribution in [0.1, 0.15) is 41.3 Å². The fourth-order valence-electron chi connectivity index (χ4n) is 3.73. The first kappa shape index (κ1) is 18.6. The van der Waals surface area contributed by atoms with E-state index in [4.69, 9.17) is 13.8 Å². The van der Waals surface area contributed by atoms with Crippen molar-refractivity contribution in [1.29, 1.82) is 0 Å². The molecule has 0 spiro atoms. The Balaban J connectivity index is 1.60. The fourth-order valence-corrected chi connectivity index (χ4v) is 5.99. The lowest BCUT2D eigenvalue weighted by atomic mass is 9.89. The molecule has 0 aliphatic heterocycles. The Morgan fingerprint density at radius 1 is 1.38 bits per heavy atom. The standard InChI is InChI=1S/C20H20N4O3S2/c1-11-5-6-14-15(8-11)29-18-17(14)19(25)24(9-13-4-3-7-26-13)20(21-18)28-10-16-23-22-12(2)27-16/h3-4,7,11H,5-6,8-10H2,1-2H3. The Hall–Kier alpha value is -2.39. The molecule has 0 bridgehead atoms. The van der Waals surface area contributed by atoms with Crippen molar-refractivity contribution in [2.45, 2.75) is 50.6 Å². The summed E-state index contributed by atoms with van der Waals surface area (Å²) in [5, 5.41) is 9.33. The molecule has 7 nitrogen and oxygen atoms in total. The minimum Gasteiger partial charge on any atom is -0.467 e. The molecule has 4 aromatic heterocycles. The van der Waals surface area contributed by atoms with E-state index in [9.17, 15) is 4.79 Å². The largest absolute Gasteiger partial charge is 0.467 e. The predicted molar refractivity (Wildman–Crippen MR) is 111 cm³/mol. The van der Waals surface area contributed by atoms with Crippen LogP contribution in [0.5, 0.6) is 0 Å². The van der Waals surface area contributed by atoms with Gasteiger partial charge in [-0.3, -0.25) is 9.36 Å². The van der Waals surface area contributed by atoms with Crippen molar-refractivity contribution < 1.29 is 8.83 Å². The lowest BCUT2D eigenvalue weighted by Crippen LogP contribution is -2.24. The highest BCUT2D eigenvalue weighted by atomic mass is 32.2. The minimum absolute atomic E-state index is 0.00247. The van der Waals surface area contributed by atoms with Crippen LogP contribution < -0.4 is 5.56 Å². The molecular weight excluding hydrogens is 408 g/mol. The van der Waals surface area contributed by atoms with Crippen LogP contribution in [0.2, 0.25) is 0 Å². The maximum atomic E-state index is 13.5. The van der Waals surface area contributed by atoms with Gasteiger partial charge in [-0.1, -0.05) is 18.7 Å². The van der Waals surface area contributed by atoms with E-state index in [2.05, 4.69) is 17.1 Å². The van der Waals surface area contributed by atoms with Gasteiger partial charge in [-0.05, 0) is 42.9 Å². The third kappa shape index (κ3) is 3.53. The highest BCUT2D eigenvalue weighted by Crippen LogP contribution is 2.36. The Labute approximate surface area is 175 Å². The van der Waals surface area contributed by atoms with Gasteiger partial charge >= 0.3 is 0 Å². The lowest BCUT2D eigenvalue weighted by molar-refractivity contribution is 0.475. The Kier molecular flexibility index (Phi) is 4.79. The van der Waals surface area contributed by atoms with Crippen LogP contribution in [-0.2, 0) is 25.1 Å². The number of rotatable bonds is 5. The van der Waals surface area contributed by atoms with Crippen molar-refractivity contribution in [1.82, 2.24) is 19.7 Å². The van der Waals surface area contributed by atoms with Gasteiger partial charge in [-0.15, -0.1) is 21.5 Å². The Morgan fingerprint density at radius 3 is 3.03 bits per heavy atom. The monoisotopic (exact) mass is 428 g/mol. The zero-order valence-corrected chi connectivity index (χ0v) is 17.8. The Bertz CT molecular complexity index is 1220. The second kappa shape index (κ2) is 7.46. The van der Waals surface area contributed by atoms with Crippen LogP contribution in [0.4, 0.5) is 0 Å². The van der Waals surface area contributed by atoms with Gasteiger partial charge in [0.2, 0.25) is 11.8 Å². The van der Waals surface area contributed by atoms with Gasteiger partial charge in [0.1, 0.15) is 10.6 Å². The van der Waals surface area contributed by atoms with Gasteiger partial charge in [0.25, 0.3) is 5.56 Å². The molecule has 4 heterocycles. The number of nitrogens with zero attached hydrogens (tertiary/aromatic N) is 4. The summed E-state index contributed by atoms with van der Waals surface area (Å²) in [6.07, 6.45) is 4.71. The third-order valence-corrected chi connectivity index (χ3v) is 7.28. The van der Waals surface area contributed by atoms with E-state index in [0.717, 1.165) is 35.2 Å². The Morgan fingerprint density at radius 2 is 2.28 bits per heavy atom. The quantitative estimate of drug-likeness (QED) is 0.348. The molecule has 0 aromatic carbocycles. The number of aromatic nitrogens is 4. The fraction of sp³-hybridized carbons (Fsp3) is 0.400. The maximum Gasteiger partial charge on any atom is 0.263 e. The summed E-state index contributed by atoms with van der Waals surface area (Å²) < 4.78 is 12.7. The van der Waals surface area contributed by atoms with Gasteiger partial charge in [0.05, 0.1) is 23.9 Å². The molecule has 0 saturated heterocycles. The highest BCUT2D eigenvalue weighted by molar-refractivity contribution is 7.98. The zero-order chi connectivity index (χ0) is 20.0. The first-order valence-electron chi connectivity index (χ1n) is 9.57. The van der Waals surface area contributed by atoms with Crippen molar-refractivity contribution in [3.8, 4) is 0 Å². The normalized spacial score (nSPS) is 16.4. The highest BCUT2D eigenvalue weighted by Gasteiger charge is 2.25. The van der Waals surface area contributed by atoms with E-state index in [1.165, 1.54) is 22.2 Å². The van der Waals surface area contributed by atoms with Crippen molar-refractivity contribution in [2.24, 2.45) is 5.92 Å². The minimum atomic E-state index is 0.00247. The number of aryl methyl sites for hydroxylation is 2. The van der Waals surface area contributed by atoms with E-state index in [0.29, 0.717) is 35.2 Å². The zero-order valence-electron chi connectivity index (χ0n) is 16.2. The van der Waals surface area contributed by atoms with Crippen molar-refractivity contribution in [3.05, 3.63) is 56.7 Å². The van der Waals surface area contributed by atoms with Crippen LogP contribution in [-0.4, -0.2) is 19.7 Å². The lowest BCUT2D eigenvalue weighted by Gasteiger charge is -2.17. The van der Waals surface area contributed by atoms with Gasteiger partial charge in [0, 0.05) is 11.8 Å². The molecular formula is C20H20N4O3S2. The van der Waals surface area contributed by atoms with Gasteiger partial charge in [-0.2, -0.15) is 0 Å². The summed E-state index contributed by atoms with van der Waals surface area (Å²) in [6, 6.07) is 3.70. The van der Waals surface area contributed by atoms with E-state index in [-0.39, 0.29) is 5.56 Å². The second-order valence-corrected chi connectivity index (χ2v) is 9.43. The molecule has 1 atom stereocenters. The second-order valence-electron chi connectivity index (χ2n) is 7.40. The van der Waals surface area contributed by atoms with Crippen LogP contribution in [0.15, 0.2) is 37.2 Å². The van der Waals surface area contributed by atoms with Crippen LogP contribution in [0, 0.1) is 12.8 Å². The van der Waals surface area contributed by atoms with E-state index < -0.39 is 0 Å². The number of thioether (sulfide) groups is 1. The first-order chi connectivity index (χ1) is 14.1. The summed E-state index contributed by atoms with van der Waals surface area (Å²) in [5.41, 5.74) is 1.19. The molecule has 1 aliphatic carbocycles. The van der Waals surface area contributed by atoms with Crippen LogP contribution in [0.3, 0.4) is 0 Å². The molecule has 0 amide bonds. The van der Waals surface area contributed by atoms with Gasteiger partial charge in [0.15, 0.2) is 5.16 Å². The smallest absolute Gasteiger partial charge is 0.263 e. The molecule has 1 aliphatic rings. The summed E-state index contributed by atoms with van der Waals surface area (Å²) in [5.74, 6) is 2.87.